The van der Waals surface area contributed by atoms with Crippen LogP contribution in [0, 0.1) is 15.9 Å². The third kappa shape index (κ3) is 3.41. The third-order valence-electron chi connectivity index (χ3n) is 2.79. The van der Waals surface area contributed by atoms with Crippen molar-refractivity contribution in [1.29, 1.82) is 0 Å². The van der Waals surface area contributed by atoms with Gasteiger partial charge in [0.05, 0.1) is 4.92 Å². The lowest BCUT2D eigenvalue weighted by molar-refractivity contribution is -0.385. The van der Waals surface area contributed by atoms with E-state index in [4.69, 9.17) is 0 Å². The lowest BCUT2D eigenvalue weighted by Gasteiger charge is -2.03. The molecule has 0 aliphatic heterocycles. The number of aryl methyl sites for hydroxylation is 1. The highest BCUT2D eigenvalue weighted by atomic mass is 19.1. The van der Waals surface area contributed by atoms with E-state index in [1.54, 1.807) is 6.07 Å². The van der Waals surface area contributed by atoms with E-state index in [0.29, 0.717) is 0 Å². The maximum absolute atomic E-state index is 13.2. The monoisotopic (exact) mass is 292 g/mol. The second kappa shape index (κ2) is 6.12. The fourth-order valence-electron chi connectivity index (χ4n) is 1.86. The number of anilines is 1. The van der Waals surface area contributed by atoms with Crippen molar-refractivity contribution in [3.8, 4) is 0 Å². The first-order valence-corrected chi connectivity index (χ1v) is 6.31. The van der Waals surface area contributed by atoms with Crippen molar-refractivity contribution in [2.24, 2.45) is 0 Å². The van der Waals surface area contributed by atoms with Gasteiger partial charge < -0.3 is 5.32 Å². The van der Waals surface area contributed by atoms with Crippen LogP contribution in [-0.2, 0) is 6.42 Å². The van der Waals surface area contributed by atoms with Crippen molar-refractivity contribution >= 4 is 17.4 Å². The number of carbonyl (C=O) groups is 1. The van der Waals surface area contributed by atoms with Crippen LogP contribution in [-0.4, -0.2) is 21.0 Å². The normalized spacial score (nSPS) is 10.4. The highest BCUT2D eigenvalue weighted by molar-refractivity contribution is 6.06. The summed E-state index contributed by atoms with van der Waals surface area (Å²) in [4.78, 5) is 22.1. The van der Waals surface area contributed by atoms with Gasteiger partial charge in [0.2, 0.25) is 0 Å². The van der Waals surface area contributed by atoms with Gasteiger partial charge in [-0.15, -0.1) is 0 Å². The molecule has 2 rings (SSSR count). The number of benzene rings is 1. The van der Waals surface area contributed by atoms with Crippen LogP contribution in [0.3, 0.4) is 0 Å². The number of amides is 1. The zero-order valence-corrected chi connectivity index (χ0v) is 11.2. The SMILES string of the molecule is CCCc1cc(NC(=O)c2cc(F)ccc2[N+](=O)[O-])n[nH]1. The Morgan fingerprint density at radius 3 is 2.90 bits per heavy atom. The molecule has 0 unspecified atom stereocenters. The van der Waals surface area contributed by atoms with Gasteiger partial charge >= 0.3 is 0 Å². The molecule has 0 bridgehead atoms. The number of halogens is 1. The highest BCUT2D eigenvalue weighted by Gasteiger charge is 2.21. The quantitative estimate of drug-likeness (QED) is 0.653. The van der Waals surface area contributed by atoms with Gasteiger partial charge in [0, 0.05) is 17.8 Å². The Balaban J connectivity index is 2.23. The Bertz CT molecular complexity index is 684. The maximum atomic E-state index is 13.2. The van der Waals surface area contributed by atoms with Crippen molar-refractivity contribution in [3.05, 3.63) is 51.5 Å². The number of nitrogens with one attached hydrogen (secondary N) is 2. The molecule has 110 valence electrons. The van der Waals surface area contributed by atoms with Crippen molar-refractivity contribution in [2.45, 2.75) is 19.8 Å². The maximum Gasteiger partial charge on any atom is 0.282 e. The van der Waals surface area contributed by atoms with Gasteiger partial charge in [-0.1, -0.05) is 13.3 Å². The van der Waals surface area contributed by atoms with E-state index in [1.165, 1.54) is 0 Å². The molecule has 0 atom stereocenters. The van der Waals surface area contributed by atoms with Crippen molar-refractivity contribution in [3.63, 3.8) is 0 Å². The zero-order chi connectivity index (χ0) is 15.4. The molecule has 2 aromatic rings. The minimum Gasteiger partial charge on any atom is -0.305 e. The molecule has 8 heteroatoms. The number of aromatic amines is 1. The molecule has 0 aliphatic carbocycles. The van der Waals surface area contributed by atoms with E-state index >= 15 is 0 Å². The van der Waals surface area contributed by atoms with Crippen LogP contribution in [0.2, 0.25) is 0 Å². The molecule has 0 saturated carbocycles. The van der Waals surface area contributed by atoms with Crippen molar-refractivity contribution in [1.82, 2.24) is 10.2 Å². The predicted octanol–water partition coefficient (Wildman–Crippen LogP) is 2.66. The second-order valence-electron chi connectivity index (χ2n) is 4.40. The summed E-state index contributed by atoms with van der Waals surface area (Å²) in [5, 5.41) is 19.9. The summed E-state index contributed by atoms with van der Waals surface area (Å²) < 4.78 is 13.2. The topological polar surface area (TPSA) is 101 Å². The molecule has 1 heterocycles. The van der Waals surface area contributed by atoms with E-state index in [0.717, 1.165) is 36.7 Å². The molecule has 7 nitrogen and oxygen atoms in total. The number of aromatic nitrogens is 2. The van der Waals surface area contributed by atoms with Crippen LogP contribution < -0.4 is 5.32 Å². The third-order valence-corrected chi connectivity index (χ3v) is 2.79. The molecule has 21 heavy (non-hydrogen) atoms. The van der Waals surface area contributed by atoms with Gasteiger partial charge in [-0.2, -0.15) is 5.10 Å². The van der Waals surface area contributed by atoms with E-state index < -0.39 is 22.3 Å². The molecule has 0 radical (unpaired) electrons. The number of rotatable bonds is 5. The first-order chi connectivity index (χ1) is 10.0. The number of nitro groups is 1. The molecule has 1 aromatic carbocycles. The Morgan fingerprint density at radius 2 is 2.24 bits per heavy atom. The van der Waals surface area contributed by atoms with Crippen LogP contribution in [0.4, 0.5) is 15.9 Å². The van der Waals surface area contributed by atoms with Crippen LogP contribution in [0.1, 0.15) is 29.4 Å². The molecule has 1 aromatic heterocycles. The molecular formula is C13H13FN4O3. The van der Waals surface area contributed by atoms with Crippen LogP contribution >= 0.6 is 0 Å². The molecule has 0 aliphatic rings. The summed E-state index contributed by atoms with van der Waals surface area (Å²) in [5.74, 6) is -1.27. The lowest BCUT2D eigenvalue weighted by atomic mass is 10.1. The largest absolute Gasteiger partial charge is 0.305 e. The number of H-pyrrole nitrogens is 1. The molecule has 2 N–H and O–H groups in total. The first kappa shape index (κ1) is 14.6. The van der Waals surface area contributed by atoms with Gasteiger partial charge in [-0.25, -0.2) is 4.39 Å². The molecular weight excluding hydrogens is 279 g/mol. The Kier molecular flexibility index (Phi) is 4.27. The van der Waals surface area contributed by atoms with Gasteiger partial charge in [-0.05, 0) is 18.6 Å². The summed E-state index contributed by atoms with van der Waals surface area (Å²) in [7, 11) is 0. The molecule has 0 saturated heterocycles. The first-order valence-electron chi connectivity index (χ1n) is 6.31. The summed E-state index contributed by atoms with van der Waals surface area (Å²) in [5.41, 5.74) is 0.0276. The summed E-state index contributed by atoms with van der Waals surface area (Å²) in [6.07, 6.45) is 1.67. The van der Waals surface area contributed by atoms with E-state index in [2.05, 4.69) is 15.5 Å². The minimum atomic E-state index is -0.782. The number of nitrogens with zero attached hydrogens (tertiary/aromatic N) is 2. The molecule has 1 amide bonds. The summed E-state index contributed by atoms with van der Waals surface area (Å²) in [6.45, 7) is 2.00. The number of nitro benzene ring substituents is 1. The number of hydrogen-bond acceptors (Lipinski definition) is 4. The highest BCUT2D eigenvalue weighted by Crippen LogP contribution is 2.20. The van der Waals surface area contributed by atoms with Gasteiger partial charge in [0.15, 0.2) is 5.82 Å². The second-order valence-corrected chi connectivity index (χ2v) is 4.40. The van der Waals surface area contributed by atoms with Crippen molar-refractivity contribution in [2.75, 3.05) is 5.32 Å². The Morgan fingerprint density at radius 1 is 1.48 bits per heavy atom. The summed E-state index contributed by atoms with van der Waals surface area (Å²) >= 11 is 0. The zero-order valence-electron chi connectivity index (χ0n) is 11.2. The minimum absolute atomic E-state index is 0.238. The standard InChI is InChI=1S/C13H13FN4O3/c1-2-3-9-7-12(17-16-9)15-13(19)10-6-8(14)4-5-11(10)18(20)21/h4-7H,2-3H2,1H3,(H2,15,16,17,19). The van der Waals surface area contributed by atoms with Crippen molar-refractivity contribution < 1.29 is 14.1 Å². The number of carbonyl (C=O) groups excluding carboxylic acids is 1. The Labute approximate surface area is 119 Å². The predicted molar refractivity (Wildman–Crippen MR) is 73.6 cm³/mol. The fraction of sp³-hybridized carbons (Fsp3) is 0.231. The lowest BCUT2D eigenvalue weighted by Crippen LogP contribution is -2.14. The van der Waals surface area contributed by atoms with Gasteiger partial charge in [0.1, 0.15) is 11.4 Å². The van der Waals surface area contributed by atoms with E-state index in [-0.39, 0.29) is 11.4 Å². The smallest absolute Gasteiger partial charge is 0.282 e. The van der Waals surface area contributed by atoms with Crippen LogP contribution in [0.15, 0.2) is 24.3 Å². The molecule has 0 fully saturated rings. The van der Waals surface area contributed by atoms with Gasteiger partial charge in [0.25, 0.3) is 11.6 Å². The Hall–Kier alpha value is -2.77. The fourth-order valence-corrected chi connectivity index (χ4v) is 1.86. The average molecular weight is 292 g/mol. The van der Waals surface area contributed by atoms with E-state index in [9.17, 15) is 19.3 Å². The van der Waals surface area contributed by atoms with Crippen LogP contribution in [0.5, 0.6) is 0 Å². The summed E-state index contributed by atoms with van der Waals surface area (Å²) in [6, 6.07) is 4.35. The van der Waals surface area contributed by atoms with E-state index in [1.807, 2.05) is 6.92 Å². The van der Waals surface area contributed by atoms with Gasteiger partial charge in [-0.3, -0.25) is 20.0 Å². The van der Waals surface area contributed by atoms with Crippen LogP contribution in [0.25, 0.3) is 0 Å². The number of hydrogen-bond donors (Lipinski definition) is 2. The average Bonchev–Trinajstić information content (AvgIpc) is 2.86. The molecule has 0 spiro atoms.